The first kappa shape index (κ1) is 20.7. The molecule has 4 heteroatoms. The summed E-state index contributed by atoms with van der Waals surface area (Å²) in [5, 5.41) is 3.23. The van der Waals surface area contributed by atoms with E-state index in [0.29, 0.717) is 22.4 Å². The summed E-state index contributed by atoms with van der Waals surface area (Å²) >= 11 is 0. The van der Waals surface area contributed by atoms with E-state index in [2.05, 4.69) is 16.8 Å². The maximum atomic E-state index is 11.6. The molecule has 152 valence electrons. The first-order valence-electron chi connectivity index (χ1n) is 10.7. The van der Waals surface area contributed by atoms with Crippen LogP contribution < -0.4 is 11.1 Å². The van der Waals surface area contributed by atoms with Crippen LogP contribution >= 0.6 is 0 Å². The summed E-state index contributed by atoms with van der Waals surface area (Å²) in [5.74, 6) is 0. The molecular formula is C24H35N3O. The molecule has 1 aliphatic carbocycles. The lowest BCUT2D eigenvalue weighted by Gasteiger charge is -2.39. The molecule has 3 rings (SSSR count). The quantitative estimate of drug-likeness (QED) is 0.309. The lowest BCUT2D eigenvalue weighted by atomic mass is 9.77. The molecule has 1 saturated carbocycles. The molecule has 2 fully saturated rings. The number of carbonyl (C=O) groups is 1. The average Bonchev–Trinajstić information content (AvgIpc) is 3.17. The van der Waals surface area contributed by atoms with Crippen molar-refractivity contribution in [1.82, 2.24) is 10.2 Å². The van der Waals surface area contributed by atoms with Crippen LogP contribution in [0.1, 0.15) is 56.1 Å². The number of hydrogen-bond acceptors (Lipinski definition) is 4. The third kappa shape index (κ3) is 4.85. The number of allylic oxidation sites excluding steroid dienone is 2. The SMILES string of the molecule is C=C(/C(N)=C(\C=O)NCCCN1CCC2(CCCC2)CC1)c1ccccc1C. The van der Waals surface area contributed by atoms with Gasteiger partial charge < -0.3 is 16.0 Å². The van der Waals surface area contributed by atoms with E-state index in [4.69, 9.17) is 5.73 Å². The monoisotopic (exact) mass is 381 g/mol. The molecule has 2 aliphatic rings. The van der Waals surface area contributed by atoms with Crippen LogP contribution in [0.4, 0.5) is 0 Å². The highest BCUT2D eigenvalue weighted by atomic mass is 16.1. The zero-order chi connectivity index (χ0) is 20.0. The van der Waals surface area contributed by atoms with Crippen LogP contribution in [0.25, 0.3) is 5.57 Å². The van der Waals surface area contributed by atoms with Crippen molar-refractivity contribution in [2.75, 3.05) is 26.2 Å². The number of hydrogen-bond donors (Lipinski definition) is 2. The lowest BCUT2D eigenvalue weighted by molar-refractivity contribution is -0.105. The summed E-state index contributed by atoms with van der Waals surface area (Å²) in [6, 6.07) is 7.96. The van der Waals surface area contributed by atoms with Gasteiger partial charge in [-0.15, -0.1) is 0 Å². The standard InChI is InChI=1S/C24H35N3O/c1-19-8-3-4-9-21(19)20(2)23(25)22(18-28)26-14-7-15-27-16-12-24(13-17-27)10-5-6-11-24/h3-4,8-9,18,26H,2,5-7,10-17,25H2,1H3/b23-22-. The van der Waals surface area contributed by atoms with Crippen molar-refractivity contribution in [2.24, 2.45) is 11.1 Å². The molecule has 1 saturated heterocycles. The summed E-state index contributed by atoms with van der Waals surface area (Å²) < 4.78 is 0. The number of nitrogens with one attached hydrogen (secondary N) is 1. The van der Waals surface area contributed by atoms with Crippen LogP contribution in [-0.2, 0) is 4.79 Å². The number of rotatable bonds is 8. The maximum Gasteiger partial charge on any atom is 0.168 e. The molecule has 0 radical (unpaired) electrons. The number of piperidine rings is 1. The molecule has 4 nitrogen and oxygen atoms in total. The van der Waals surface area contributed by atoms with Gasteiger partial charge in [0.2, 0.25) is 0 Å². The minimum absolute atomic E-state index is 0.436. The Kier molecular flexibility index (Phi) is 6.95. The lowest BCUT2D eigenvalue weighted by Crippen LogP contribution is -2.39. The fourth-order valence-electron chi connectivity index (χ4n) is 4.82. The van der Waals surface area contributed by atoms with Crippen LogP contribution in [-0.4, -0.2) is 37.4 Å². The second kappa shape index (κ2) is 9.42. The van der Waals surface area contributed by atoms with Crippen molar-refractivity contribution in [1.29, 1.82) is 0 Å². The Hall–Kier alpha value is -2.07. The van der Waals surface area contributed by atoms with Gasteiger partial charge in [-0.2, -0.15) is 0 Å². The van der Waals surface area contributed by atoms with E-state index >= 15 is 0 Å². The van der Waals surface area contributed by atoms with E-state index in [-0.39, 0.29) is 0 Å². The molecule has 1 aromatic rings. The van der Waals surface area contributed by atoms with E-state index in [0.717, 1.165) is 36.9 Å². The van der Waals surface area contributed by atoms with Crippen molar-refractivity contribution in [3.63, 3.8) is 0 Å². The molecule has 3 N–H and O–H groups in total. The molecule has 0 amide bonds. The van der Waals surface area contributed by atoms with Crippen LogP contribution in [0.3, 0.4) is 0 Å². The normalized spacial score (nSPS) is 20.0. The predicted octanol–water partition coefficient (Wildman–Crippen LogP) is 4.01. The van der Waals surface area contributed by atoms with E-state index in [1.165, 1.54) is 51.6 Å². The average molecular weight is 382 g/mol. The van der Waals surface area contributed by atoms with Crippen LogP contribution in [0, 0.1) is 12.3 Å². The topological polar surface area (TPSA) is 58.4 Å². The minimum atomic E-state index is 0.436. The van der Waals surface area contributed by atoms with Gasteiger partial charge in [-0.05, 0) is 80.8 Å². The minimum Gasteiger partial charge on any atom is -0.396 e. The molecule has 1 spiro atoms. The molecule has 0 aromatic heterocycles. The predicted molar refractivity (Wildman–Crippen MR) is 117 cm³/mol. The molecule has 28 heavy (non-hydrogen) atoms. The Balaban J connectivity index is 1.46. The summed E-state index contributed by atoms with van der Waals surface area (Å²) in [6.07, 6.45) is 10.3. The van der Waals surface area contributed by atoms with Gasteiger partial charge in [0, 0.05) is 6.54 Å². The number of likely N-dealkylation sites (tertiary alicyclic amines) is 1. The van der Waals surface area contributed by atoms with Crippen LogP contribution in [0.5, 0.6) is 0 Å². The van der Waals surface area contributed by atoms with Crippen molar-refractivity contribution < 1.29 is 4.79 Å². The van der Waals surface area contributed by atoms with Crippen molar-refractivity contribution >= 4 is 11.9 Å². The van der Waals surface area contributed by atoms with Gasteiger partial charge in [0.15, 0.2) is 6.29 Å². The fraction of sp³-hybridized carbons (Fsp3) is 0.542. The smallest absolute Gasteiger partial charge is 0.168 e. The highest BCUT2D eigenvalue weighted by Crippen LogP contribution is 2.46. The first-order valence-corrected chi connectivity index (χ1v) is 10.7. The number of aryl methyl sites for hydroxylation is 1. The van der Waals surface area contributed by atoms with Gasteiger partial charge in [-0.3, -0.25) is 4.79 Å². The Labute approximate surface area is 169 Å². The molecule has 0 bridgehead atoms. The molecule has 0 atom stereocenters. The first-order chi connectivity index (χ1) is 13.5. The third-order valence-electron chi connectivity index (χ3n) is 6.75. The number of nitrogens with two attached hydrogens (primary N) is 1. The highest BCUT2D eigenvalue weighted by Gasteiger charge is 2.36. The molecule has 1 aromatic carbocycles. The number of benzene rings is 1. The van der Waals surface area contributed by atoms with Gasteiger partial charge in [-0.25, -0.2) is 0 Å². The summed E-state index contributed by atoms with van der Waals surface area (Å²) in [6.45, 7) is 10.4. The zero-order valence-corrected chi connectivity index (χ0v) is 17.3. The highest BCUT2D eigenvalue weighted by molar-refractivity contribution is 5.86. The van der Waals surface area contributed by atoms with E-state index in [1.54, 1.807) is 0 Å². The Morgan fingerprint density at radius 3 is 2.54 bits per heavy atom. The van der Waals surface area contributed by atoms with Crippen LogP contribution in [0.15, 0.2) is 42.2 Å². The van der Waals surface area contributed by atoms with Gasteiger partial charge in [0.1, 0.15) is 0 Å². The van der Waals surface area contributed by atoms with Crippen molar-refractivity contribution in [3.05, 3.63) is 53.4 Å². The second-order valence-corrected chi connectivity index (χ2v) is 8.57. The Morgan fingerprint density at radius 1 is 1.21 bits per heavy atom. The Bertz CT molecular complexity index is 721. The summed E-state index contributed by atoms with van der Waals surface area (Å²) in [7, 11) is 0. The fourth-order valence-corrected chi connectivity index (χ4v) is 4.82. The summed E-state index contributed by atoms with van der Waals surface area (Å²) in [4.78, 5) is 14.1. The number of carbonyl (C=O) groups excluding carboxylic acids is 1. The van der Waals surface area contributed by atoms with Crippen molar-refractivity contribution in [3.8, 4) is 0 Å². The van der Waals surface area contributed by atoms with Gasteiger partial charge in [0.05, 0.1) is 11.4 Å². The maximum absolute atomic E-state index is 11.6. The van der Waals surface area contributed by atoms with Gasteiger partial charge in [-0.1, -0.05) is 43.7 Å². The molecule has 1 aliphatic heterocycles. The number of nitrogens with zero attached hydrogens (tertiary/aromatic N) is 1. The van der Waals surface area contributed by atoms with E-state index < -0.39 is 0 Å². The van der Waals surface area contributed by atoms with Gasteiger partial charge >= 0.3 is 0 Å². The zero-order valence-electron chi connectivity index (χ0n) is 17.3. The van der Waals surface area contributed by atoms with Crippen LogP contribution in [0.2, 0.25) is 0 Å². The molecule has 1 heterocycles. The number of aldehydes is 1. The van der Waals surface area contributed by atoms with Gasteiger partial charge in [0.25, 0.3) is 0 Å². The van der Waals surface area contributed by atoms with E-state index in [9.17, 15) is 4.79 Å². The third-order valence-corrected chi connectivity index (χ3v) is 6.75. The largest absolute Gasteiger partial charge is 0.396 e. The molecular weight excluding hydrogens is 346 g/mol. The van der Waals surface area contributed by atoms with E-state index in [1.807, 2.05) is 31.2 Å². The summed E-state index contributed by atoms with van der Waals surface area (Å²) in [5.41, 5.74) is 10.6. The van der Waals surface area contributed by atoms with Crippen molar-refractivity contribution in [2.45, 2.75) is 51.9 Å². The Morgan fingerprint density at radius 2 is 1.89 bits per heavy atom. The molecule has 0 unspecified atom stereocenters. The second-order valence-electron chi connectivity index (χ2n) is 8.57.